The Hall–Kier alpha value is -2.25. The lowest BCUT2D eigenvalue weighted by Crippen LogP contribution is -2.14. The second-order valence-corrected chi connectivity index (χ2v) is 5.71. The third-order valence-electron chi connectivity index (χ3n) is 2.98. The second-order valence-electron chi connectivity index (χ2n) is 4.51. The van der Waals surface area contributed by atoms with Crippen molar-refractivity contribution in [3.05, 3.63) is 69.7 Å². The number of carbonyl (C=O) groups is 1. The summed E-state index contributed by atoms with van der Waals surface area (Å²) in [6, 6.07) is 9.22. The largest absolute Gasteiger partial charge is 0.305 e. The topological polar surface area (TPSA) is 59.8 Å². The Morgan fingerprint density at radius 2 is 2.09 bits per heavy atom. The van der Waals surface area contributed by atoms with Gasteiger partial charge in [0.05, 0.1) is 15.1 Å². The molecule has 0 unspecified atom stereocenters. The number of hydrogen-bond acceptors (Lipinski definition) is 3. The molecule has 2 aromatic heterocycles. The Labute approximate surface area is 144 Å². The van der Waals surface area contributed by atoms with Crippen molar-refractivity contribution in [1.82, 2.24) is 14.8 Å². The predicted octanol–water partition coefficient (Wildman–Crippen LogP) is 4.07. The molecule has 0 bridgehead atoms. The number of nitrogens with zero attached hydrogens (tertiary/aromatic N) is 3. The van der Waals surface area contributed by atoms with Crippen molar-refractivity contribution in [2.24, 2.45) is 0 Å². The SMILES string of the molecule is O=C(Nc1ccn(-c2ncccc2Cl)n1)c1cccc(F)c1Br. The zero-order valence-electron chi connectivity index (χ0n) is 11.5. The molecule has 8 heteroatoms. The summed E-state index contributed by atoms with van der Waals surface area (Å²) >= 11 is 9.11. The summed E-state index contributed by atoms with van der Waals surface area (Å²) < 4.78 is 15.0. The molecule has 0 atom stereocenters. The minimum Gasteiger partial charge on any atom is -0.305 e. The van der Waals surface area contributed by atoms with Crippen molar-refractivity contribution in [2.45, 2.75) is 0 Å². The van der Waals surface area contributed by atoms with Crippen LogP contribution in [0.15, 0.2) is 53.3 Å². The van der Waals surface area contributed by atoms with Gasteiger partial charge in [-0.25, -0.2) is 14.1 Å². The molecule has 116 valence electrons. The van der Waals surface area contributed by atoms with E-state index in [9.17, 15) is 9.18 Å². The molecule has 23 heavy (non-hydrogen) atoms. The number of benzene rings is 1. The molecule has 0 spiro atoms. The van der Waals surface area contributed by atoms with Gasteiger partial charge in [0.25, 0.3) is 5.91 Å². The quantitative estimate of drug-likeness (QED) is 0.727. The van der Waals surface area contributed by atoms with Gasteiger partial charge in [-0.3, -0.25) is 4.79 Å². The highest BCUT2D eigenvalue weighted by molar-refractivity contribution is 9.10. The van der Waals surface area contributed by atoms with Gasteiger partial charge in [0.1, 0.15) is 5.82 Å². The number of pyridine rings is 1. The molecule has 3 aromatic rings. The Bertz CT molecular complexity index is 883. The van der Waals surface area contributed by atoms with E-state index in [2.05, 4.69) is 31.3 Å². The van der Waals surface area contributed by atoms with Crippen molar-refractivity contribution in [1.29, 1.82) is 0 Å². The van der Waals surface area contributed by atoms with E-state index in [0.717, 1.165) is 0 Å². The van der Waals surface area contributed by atoms with Crippen LogP contribution >= 0.6 is 27.5 Å². The molecule has 1 aromatic carbocycles. The number of anilines is 1. The molecule has 0 aliphatic heterocycles. The second kappa shape index (κ2) is 6.47. The Morgan fingerprint density at radius 3 is 2.87 bits per heavy atom. The maximum atomic E-state index is 13.5. The number of halogens is 3. The summed E-state index contributed by atoms with van der Waals surface area (Å²) in [6.07, 6.45) is 3.20. The average Bonchev–Trinajstić information content (AvgIpc) is 2.98. The average molecular weight is 396 g/mol. The zero-order chi connectivity index (χ0) is 16.4. The normalized spacial score (nSPS) is 10.6. The van der Waals surface area contributed by atoms with Crippen molar-refractivity contribution in [3.63, 3.8) is 0 Å². The lowest BCUT2D eigenvalue weighted by molar-refractivity contribution is 0.102. The highest BCUT2D eigenvalue weighted by Crippen LogP contribution is 2.22. The fraction of sp³-hybridized carbons (Fsp3) is 0. The van der Waals surface area contributed by atoms with Crippen molar-refractivity contribution in [3.8, 4) is 5.82 Å². The van der Waals surface area contributed by atoms with Crippen molar-refractivity contribution in [2.75, 3.05) is 5.32 Å². The fourth-order valence-corrected chi connectivity index (χ4v) is 2.57. The molecule has 2 heterocycles. The first-order valence-electron chi connectivity index (χ1n) is 6.48. The van der Waals surface area contributed by atoms with E-state index < -0.39 is 11.7 Å². The number of nitrogens with one attached hydrogen (secondary N) is 1. The van der Waals surface area contributed by atoms with E-state index in [4.69, 9.17) is 11.6 Å². The highest BCUT2D eigenvalue weighted by atomic mass is 79.9. The van der Waals surface area contributed by atoms with Crippen LogP contribution in [0.3, 0.4) is 0 Å². The van der Waals surface area contributed by atoms with Gasteiger partial charge in [-0.15, -0.1) is 5.10 Å². The van der Waals surface area contributed by atoms with Gasteiger partial charge in [-0.05, 0) is 40.2 Å². The van der Waals surface area contributed by atoms with Gasteiger partial charge in [0.2, 0.25) is 0 Å². The first kappa shape index (κ1) is 15.6. The number of carbonyl (C=O) groups excluding carboxylic acids is 1. The third kappa shape index (κ3) is 3.25. The summed E-state index contributed by atoms with van der Waals surface area (Å²) in [5, 5.41) is 7.22. The summed E-state index contributed by atoms with van der Waals surface area (Å²) in [4.78, 5) is 16.3. The molecule has 0 radical (unpaired) electrons. The van der Waals surface area contributed by atoms with E-state index >= 15 is 0 Å². The van der Waals surface area contributed by atoms with Crippen LogP contribution in [0.4, 0.5) is 10.2 Å². The molecule has 5 nitrogen and oxygen atoms in total. The first-order valence-corrected chi connectivity index (χ1v) is 7.65. The van der Waals surface area contributed by atoms with E-state index in [-0.39, 0.29) is 10.0 Å². The number of amides is 1. The molecule has 3 rings (SSSR count). The zero-order valence-corrected chi connectivity index (χ0v) is 13.8. The molecule has 0 aliphatic rings. The van der Waals surface area contributed by atoms with E-state index in [1.165, 1.54) is 22.9 Å². The molecular formula is C15H9BrClFN4O. The van der Waals surface area contributed by atoms with Crippen LogP contribution in [0.2, 0.25) is 5.02 Å². The molecule has 0 saturated heterocycles. The third-order valence-corrected chi connectivity index (χ3v) is 4.08. The van der Waals surface area contributed by atoms with Gasteiger partial charge >= 0.3 is 0 Å². The maximum Gasteiger partial charge on any atom is 0.258 e. The van der Waals surface area contributed by atoms with Crippen LogP contribution in [0, 0.1) is 5.82 Å². The predicted molar refractivity (Wildman–Crippen MR) is 88.4 cm³/mol. The van der Waals surface area contributed by atoms with Crippen LogP contribution < -0.4 is 5.32 Å². The van der Waals surface area contributed by atoms with E-state index in [1.807, 2.05) is 0 Å². The molecule has 1 N–H and O–H groups in total. The number of hydrogen-bond donors (Lipinski definition) is 1. The van der Waals surface area contributed by atoms with Crippen LogP contribution in [-0.2, 0) is 0 Å². The maximum absolute atomic E-state index is 13.5. The van der Waals surface area contributed by atoms with Gasteiger partial charge in [0, 0.05) is 18.5 Å². The Morgan fingerprint density at radius 1 is 1.26 bits per heavy atom. The van der Waals surface area contributed by atoms with Crippen LogP contribution in [0.25, 0.3) is 5.82 Å². The van der Waals surface area contributed by atoms with Crippen LogP contribution in [0.1, 0.15) is 10.4 Å². The smallest absolute Gasteiger partial charge is 0.258 e. The summed E-state index contributed by atoms with van der Waals surface area (Å²) in [6.45, 7) is 0. The number of aromatic nitrogens is 3. The van der Waals surface area contributed by atoms with E-state index in [1.54, 1.807) is 30.6 Å². The van der Waals surface area contributed by atoms with Crippen LogP contribution in [0.5, 0.6) is 0 Å². The number of rotatable bonds is 3. The fourth-order valence-electron chi connectivity index (χ4n) is 1.92. The monoisotopic (exact) mass is 394 g/mol. The minimum atomic E-state index is -0.511. The molecule has 0 aliphatic carbocycles. The minimum absolute atomic E-state index is 0.102. The standard InChI is InChI=1S/C15H9BrClFN4O/c16-13-9(3-1-5-11(13)18)15(23)20-12-6-8-22(21-12)14-10(17)4-2-7-19-14/h1-8H,(H,20,21,23). The first-order chi connectivity index (χ1) is 11.1. The van der Waals surface area contributed by atoms with Crippen molar-refractivity contribution >= 4 is 39.3 Å². The van der Waals surface area contributed by atoms with E-state index in [0.29, 0.717) is 16.7 Å². The summed E-state index contributed by atoms with van der Waals surface area (Å²) in [5.41, 5.74) is 0.176. The lowest BCUT2D eigenvalue weighted by atomic mass is 10.2. The lowest BCUT2D eigenvalue weighted by Gasteiger charge is -2.05. The molecule has 0 fully saturated rings. The van der Waals surface area contributed by atoms with Crippen molar-refractivity contribution < 1.29 is 9.18 Å². The molecular weight excluding hydrogens is 387 g/mol. The van der Waals surface area contributed by atoms with Gasteiger partial charge in [-0.1, -0.05) is 17.7 Å². The van der Waals surface area contributed by atoms with Crippen LogP contribution in [-0.4, -0.2) is 20.7 Å². The summed E-state index contributed by atoms with van der Waals surface area (Å²) in [5.74, 6) is -0.244. The van der Waals surface area contributed by atoms with Gasteiger partial charge < -0.3 is 5.32 Å². The molecule has 1 amide bonds. The Balaban J connectivity index is 1.83. The summed E-state index contributed by atoms with van der Waals surface area (Å²) in [7, 11) is 0. The van der Waals surface area contributed by atoms with Gasteiger partial charge in [0.15, 0.2) is 11.6 Å². The highest BCUT2D eigenvalue weighted by Gasteiger charge is 2.14. The Kier molecular flexibility index (Phi) is 4.40. The van der Waals surface area contributed by atoms with Gasteiger partial charge in [-0.2, -0.15) is 0 Å². The molecule has 0 saturated carbocycles.